The molecule has 1 N–H and O–H groups in total. The molecule has 44 heavy (non-hydrogen) atoms. The summed E-state index contributed by atoms with van der Waals surface area (Å²) in [6.45, 7) is 5.43. The van der Waals surface area contributed by atoms with Gasteiger partial charge in [-0.1, -0.05) is 19.4 Å². The monoisotopic (exact) mass is 613 g/mol. The van der Waals surface area contributed by atoms with E-state index in [0.29, 0.717) is 49.8 Å². The molecule has 0 saturated carbocycles. The lowest BCUT2D eigenvalue weighted by atomic mass is 9.84. The Morgan fingerprint density at radius 3 is 2.57 bits per heavy atom. The molecule has 3 heterocycles. The van der Waals surface area contributed by atoms with Crippen molar-refractivity contribution in [3.8, 4) is 17.2 Å². The quantitative estimate of drug-likeness (QED) is 0.227. The summed E-state index contributed by atoms with van der Waals surface area (Å²) in [5.41, 5.74) is 0.621. The third-order valence-corrected chi connectivity index (χ3v) is 8.69. The van der Waals surface area contributed by atoms with Gasteiger partial charge < -0.3 is 33.3 Å². The number of hydrogen-bond donors (Lipinski definition) is 1. The van der Waals surface area contributed by atoms with Gasteiger partial charge in [-0.25, -0.2) is 0 Å². The lowest BCUT2D eigenvalue weighted by Gasteiger charge is -2.30. The first-order valence-corrected chi connectivity index (χ1v) is 15.7. The van der Waals surface area contributed by atoms with Crippen LogP contribution in [-0.4, -0.2) is 110 Å². The third kappa shape index (κ3) is 8.32. The van der Waals surface area contributed by atoms with Crippen LogP contribution in [0.25, 0.3) is 0 Å². The molecule has 0 unspecified atom stereocenters. The Morgan fingerprint density at radius 1 is 1.11 bits per heavy atom. The first kappa shape index (κ1) is 33.3. The Bertz CT molecular complexity index is 1340. The molecule has 3 atom stereocenters. The van der Waals surface area contributed by atoms with E-state index in [9.17, 15) is 19.5 Å². The molecule has 1 amide bonds. The van der Waals surface area contributed by atoms with Crippen molar-refractivity contribution < 1.29 is 33.4 Å². The molecule has 0 radical (unpaired) electrons. The molecular weight excluding hydrogens is 564 g/mol. The number of quaternary nitrogens is 1. The maximum atomic E-state index is 13.9. The number of hydrogen-bond acceptors (Lipinski definition) is 7. The van der Waals surface area contributed by atoms with Gasteiger partial charge in [0, 0.05) is 50.4 Å². The number of unbranched alkanes of at least 4 members (excludes halogenated alkanes) is 2. The Hall–Kier alpha value is -3.57. The number of pyridine rings is 1. The molecule has 0 aliphatic carbocycles. The minimum atomic E-state index is -0.935. The first-order valence-electron chi connectivity index (χ1n) is 15.7. The molecule has 2 aliphatic rings. The number of carboxylic acid groups (broad SMARTS) is 1. The van der Waals surface area contributed by atoms with Crippen LogP contribution in [0.5, 0.6) is 17.2 Å². The van der Waals surface area contributed by atoms with Gasteiger partial charge >= 0.3 is 5.97 Å². The fourth-order valence-electron chi connectivity index (χ4n) is 6.34. The lowest BCUT2D eigenvalue weighted by molar-refractivity contribution is -0.870. The second-order valence-corrected chi connectivity index (χ2v) is 12.9. The van der Waals surface area contributed by atoms with Crippen LogP contribution in [0.1, 0.15) is 50.5 Å². The maximum absolute atomic E-state index is 13.9. The number of fused-ring (bicyclic) bond motifs is 1. The summed E-state index contributed by atoms with van der Waals surface area (Å²) in [6, 6.07) is 8.16. The molecule has 2 aromatic rings. The standard InChI is InChI=1S/C33H48N4O7/c1-6-7-14-34(16-10-11-18-37(2,3)4)30(39)22-36-21-25(24-19-27(42-5)32-28(20-24)43-23-44-32)31(33(40)41)26(36)13-17-35-15-9-8-12-29(35)38/h8-9,12,15,19-20,25-26,31H,6-7,10-11,13-14,16-18,21-23H2,1-5H3/p+1/t25-,26+,31-/m1/s1. The van der Waals surface area contributed by atoms with Crippen molar-refractivity contribution in [1.29, 1.82) is 0 Å². The number of aryl methyl sites for hydroxylation is 1. The minimum Gasteiger partial charge on any atom is -0.493 e. The van der Waals surface area contributed by atoms with Crippen molar-refractivity contribution in [2.45, 2.75) is 57.5 Å². The van der Waals surface area contributed by atoms with Gasteiger partial charge in [-0.15, -0.1) is 0 Å². The molecule has 242 valence electrons. The van der Waals surface area contributed by atoms with Crippen molar-refractivity contribution in [1.82, 2.24) is 14.4 Å². The smallest absolute Gasteiger partial charge is 0.308 e. The largest absolute Gasteiger partial charge is 0.493 e. The summed E-state index contributed by atoms with van der Waals surface area (Å²) in [5, 5.41) is 10.6. The summed E-state index contributed by atoms with van der Waals surface area (Å²) in [5.74, 6) is -0.639. The zero-order valence-corrected chi connectivity index (χ0v) is 26.9. The fraction of sp³-hybridized carbons (Fsp3) is 0.606. The molecule has 0 spiro atoms. The Kier molecular flexibility index (Phi) is 11.3. The predicted molar refractivity (Wildman–Crippen MR) is 167 cm³/mol. The summed E-state index contributed by atoms with van der Waals surface area (Å²) in [4.78, 5) is 43.2. The van der Waals surface area contributed by atoms with Crippen LogP contribution in [0.3, 0.4) is 0 Å². The Balaban J connectivity index is 1.60. The first-order chi connectivity index (χ1) is 21.0. The van der Waals surface area contributed by atoms with Gasteiger partial charge in [0.25, 0.3) is 0 Å². The number of carboxylic acids is 1. The van der Waals surface area contributed by atoms with E-state index in [1.54, 1.807) is 30.0 Å². The van der Waals surface area contributed by atoms with E-state index >= 15 is 0 Å². The van der Waals surface area contributed by atoms with Crippen molar-refractivity contribution in [3.05, 3.63) is 52.4 Å². The van der Waals surface area contributed by atoms with Gasteiger partial charge in [0.2, 0.25) is 24.0 Å². The van der Waals surface area contributed by atoms with Gasteiger partial charge in [-0.3, -0.25) is 19.3 Å². The zero-order chi connectivity index (χ0) is 31.9. The number of amides is 1. The molecule has 11 nitrogen and oxygen atoms in total. The Morgan fingerprint density at radius 2 is 1.89 bits per heavy atom. The SMILES string of the molecule is CCCCN(CCCC[N+](C)(C)C)C(=O)CN1C[C@H](c2cc(OC)c3c(c2)OCO3)[C@@H](C(=O)O)[C@@H]1CCn1ccccc1=O. The van der Waals surface area contributed by atoms with E-state index in [0.717, 1.165) is 42.3 Å². The Labute approximate surface area is 260 Å². The number of methoxy groups -OCH3 is 1. The van der Waals surface area contributed by atoms with Crippen molar-refractivity contribution >= 4 is 11.9 Å². The van der Waals surface area contributed by atoms with Gasteiger partial charge in [0.05, 0.1) is 47.3 Å². The zero-order valence-electron chi connectivity index (χ0n) is 26.9. The fourth-order valence-corrected chi connectivity index (χ4v) is 6.34. The van der Waals surface area contributed by atoms with Crippen LogP contribution in [0, 0.1) is 5.92 Å². The highest BCUT2D eigenvalue weighted by atomic mass is 16.7. The van der Waals surface area contributed by atoms with E-state index in [4.69, 9.17) is 14.2 Å². The highest BCUT2D eigenvalue weighted by Gasteiger charge is 2.47. The van der Waals surface area contributed by atoms with Gasteiger partial charge in [-0.2, -0.15) is 0 Å². The summed E-state index contributed by atoms with van der Waals surface area (Å²) in [7, 11) is 8.05. The molecule has 2 aliphatic heterocycles. The highest BCUT2D eigenvalue weighted by Crippen LogP contribution is 2.47. The van der Waals surface area contributed by atoms with Crippen molar-refractivity contribution in [3.63, 3.8) is 0 Å². The van der Waals surface area contributed by atoms with Gasteiger partial charge in [0.15, 0.2) is 11.5 Å². The average Bonchev–Trinajstić information content (AvgIpc) is 3.60. The topological polar surface area (TPSA) is 111 Å². The highest BCUT2D eigenvalue weighted by molar-refractivity contribution is 5.79. The number of likely N-dealkylation sites (tertiary alicyclic amines) is 1. The van der Waals surface area contributed by atoms with Crippen LogP contribution in [0.4, 0.5) is 0 Å². The normalized spacial score (nSPS) is 19.7. The summed E-state index contributed by atoms with van der Waals surface area (Å²) >= 11 is 0. The number of rotatable bonds is 16. The van der Waals surface area contributed by atoms with Crippen LogP contribution < -0.4 is 19.8 Å². The molecule has 4 rings (SSSR count). The summed E-state index contributed by atoms with van der Waals surface area (Å²) in [6.07, 6.45) is 5.96. The molecule has 1 aromatic heterocycles. The minimum absolute atomic E-state index is 0.0126. The van der Waals surface area contributed by atoms with Crippen LogP contribution >= 0.6 is 0 Å². The van der Waals surface area contributed by atoms with E-state index in [2.05, 4.69) is 28.1 Å². The van der Waals surface area contributed by atoms with Gasteiger partial charge in [0.1, 0.15) is 0 Å². The molecular formula is C33H49N4O7+. The number of carbonyl (C=O) groups excluding carboxylic acids is 1. The second-order valence-electron chi connectivity index (χ2n) is 12.9. The third-order valence-electron chi connectivity index (χ3n) is 8.69. The number of nitrogens with zero attached hydrogens (tertiary/aromatic N) is 4. The van der Waals surface area contributed by atoms with E-state index in [1.165, 1.54) is 6.07 Å². The number of aliphatic carboxylic acids is 1. The average molecular weight is 614 g/mol. The molecule has 11 heteroatoms. The van der Waals surface area contributed by atoms with Crippen LogP contribution in [0.2, 0.25) is 0 Å². The predicted octanol–water partition coefficient (Wildman–Crippen LogP) is 3.26. The van der Waals surface area contributed by atoms with Crippen molar-refractivity contribution in [2.75, 3.05) is 67.8 Å². The molecule has 1 saturated heterocycles. The number of ether oxygens (including phenoxy) is 3. The lowest BCUT2D eigenvalue weighted by Crippen LogP contribution is -2.45. The number of carbonyl (C=O) groups is 2. The molecule has 1 fully saturated rings. The van der Waals surface area contributed by atoms with Crippen LogP contribution in [-0.2, 0) is 16.1 Å². The molecule has 0 bridgehead atoms. The molecule has 1 aromatic carbocycles. The van der Waals surface area contributed by atoms with E-state index in [1.807, 2.05) is 21.9 Å². The van der Waals surface area contributed by atoms with Gasteiger partial charge in [-0.05, 0) is 49.4 Å². The summed E-state index contributed by atoms with van der Waals surface area (Å²) < 4.78 is 19.2. The second kappa shape index (κ2) is 14.9. The van der Waals surface area contributed by atoms with E-state index < -0.39 is 23.8 Å². The van der Waals surface area contributed by atoms with Crippen molar-refractivity contribution in [2.24, 2.45) is 5.92 Å². The number of aromatic nitrogens is 1. The maximum Gasteiger partial charge on any atom is 0.308 e. The number of benzene rings is 1. The van der Waals surface area contributed by atoms with Crippen LogP contribution in [0.15, 0.2) is 41.3 Å². The van der Waals surface area contributed by atoms with E-state index in [-0.39, 0.29) is 24.8 Å².